The summed E-state index contributed by atoms with van der Waals surface area (Å²) >= 11 is 7.21. The second kappa shape index (κ2) is 7.84. The lowest BCUT2D eigenvalue weighted by Crippen LogP contribution is -2.44. The average Bonchev–Trinajstić information content (AvgIpc) is 2.36. The normalized spacial score (nSPS) is 9.67. The van der Waals surface area contributed by atoms with E-state index in [1.807, 2.05) is 0 Å². The summed E-state index contributed by atoms with van der Waals surface area (Å²) in [5.74, 6) is -0.0197. The molecule has 0 heterocycles. The number of amides is 2. The van der Waals surface area contributed by atoms with E-state index in [0.717, 1.165) is 0 Å². The molecule has 2 amide bonds. The Balaban J connectivity index is 2.29. The summed E-state index contributed by atoms with van der Waals surface area (Å²) in [5.41, 5.74) is 4.50. The number of nitrogens with one attached hydrogen (secondary N) is 2. The van der Waals surface area contributed by atoms with Crippen LogP contribution in [-0.4, -0.2) is 30.4 Å². The minimum absolute atomic E-state index is 0.219. The maximum absolute atomic E-state index is 11.3. The van der Waals surface area contributed by atoms with Gasteiger partial charge in [-0.2, -0.15) is 11.8 Å². The van der Waals surface area contributed by atoms with E-state index in [4.69, 9.17) is 16.3 Å². The molecular formula is C11H13ClN2O3S. The van der Waals surface area contributed by atoms with Crippen LogP contribution in [0.5, 0.6) is 5.75 Å². The van der Waals surface area contributed by atoms with Crippen LogP contribution in [-0.2, 0) is 9.59 Å². The predicted octanol–water partition coefficient (Wildman–Crippen LogP) is 1.23. The minimum atomic E-state index is -0.454. The van der Waals surface area contributed by atoms with Gasteiger partial charge in [0.05, 0.1) is 10.8 Å². The van der Waals surface area contributed by atoms with Gasteiger partial charge in [-0.25, -0.2) is 0 Å². The number of carbonyl (C=O) groups is 2. The fourth-order valence-electron chi connectivity index (χ4n) is 1.05. The van der Waals surface area contributed by atoms with E-state index >= 15 is 0 Å². The Hall–Kier alpha value is -1.40. The highest BCUT2D eigenvalue weighted by Crippen LogP contribution is 2.22. The van der Waals surface area contributed by atoms with Crippen LogP contribution in [0.4, 0.5) is 0 Å². The topological polar surface area (TPSA) is 67.4 Å². The van der Waals surface area contributed by atoms with Gasteiger partial charge >= 0.3 is 0 Å². The molecular weight excluding hydrogens is 276 g/mol. The van der Waals surface area contributed by atoms with Crippen LogP contribution in [0.25, 0.3) is 0 Å². The van der Waals surface area contributed by atoms with E-state index in [2.05, 4.69) is 10.9 Å². The molecule has 0 saturated carbocycles. The summed E-state index contributed by atoms with van der Waals surface area (Å²) < 4.78 is 5.19. The third kappa shape index (κ3) is 5.29. The molecule has 18 heavy (non-hydrogen) atoms. The molecule has 7 heteroatoms. The predicted molar refractivity (Wildman–Crippen MR) is 71.6 cm³/mol. The van der Waals surface area contributed by atoms with Crippen LogP contribution in [0.15, 0.2) is 24.3 Å². The number of para-hydroxylation sites is 1. The lowest BCUT2D eigenvalue weighted by molar-refractivity contribution is -0.128. The molecule has 2 N–H and O–H groups in total. The fraction of sp³-hybridized carbons (Fsp3) is 0.273. The molecule has 0 bridgehead atoms. The van der Waals surface area contributed by atoms with Gasteiger partial charge in [-0.15, -0.1) is 0 Å². The Kier molecular flexibility index (Phi) is 6.38. The molecule has 0 radical (unpaired) electrons. The summed E-state index contributed by atoms with van der Waals surface area (Å²) in [7, 11) is 0. The number of hydrogen-bond acceptors (Lipinski definition) is 4. The molecule has 0 fully saturated rings. The van der Waals surface area contributed by atoms with Gasteiger partial charge in [-0.1, -0.05) is 23.7 Å². The van der Waals surface area contributed by atoms with Crippen LogP contribution in [0.1, 0.15) is 0 Å². The number of halogens is 1. The first-order chi connectivity index (χ1) is 8.63. The molecule has 98 valence electrons. The van der Waals surface area contributed by atoms with Crippen molar-refractivity contribution >= 4 is 35.2 Å². The van der Waals surface area contributed by atoms with Crippen molar-refractivity contribution in [3.8, 4) is 5.75 Å². The molecule has 0 aromatic heterocycles. The van der Waals surface area contributed by atoms with Gasteiger partial charge in [0.25, 0.3) is 5.91 Å². The van der Waals surface area contributed by atoms with Crippen LogP contribution in [0.2, 0.25) is 5.02 Å². The summed E-state index contributed by atoms with van der Waals surface area (Å²) in [5, 5.41) is 0.428. The Labute approximate surface area is 114 Å². The highest BCUT2D eigenvalue weighted by atomic mass is 35.5. The van der Waals surface area contributed by atoms with Crippen LogP contribution < -0.4 is 15.6 Å². The van der Waals surface area contributed by atoms with Crippen molar-refractivity contribution in [1.29, 1.82) is 0 Å². The lowest BCUT2D eigenvalue weighted by atomic mass is 10.3. The highest BCUT2D eigenvalue weighted by Gasteiger charge is 2.06. The molecule has 1 aromatic rings. The average molecular weight is 289 g/mol. The first-order valence-electron chi connectivity index (χ1n) is 5.07. The molecule has 0 unspecified atom stereocenters. The summed E-state index contributed by atoms with van der Waals surface area (Å²) in [6.07, 6.45) is 1.79. The molecule has 0 aliphatic carbocycles. The number of hydrogen-bond donors (Lipinski definition) is 2. The Bertz CT molecular complexity index is 429. The number of thioether (sulfide) groups is 1. The smallest absolute Gasteiger partial charge is 0.276 e. The summed E-state index contributed by atoms with van der Waals surface area (Å²) in [6, 6.07) is 6.83. The molecule has 0 aliphatic rings. The van der Waals surface area contributed by atoms with Gasteiger partial charge in [0, 0.05) is 0 Å². The Morgan fingerprint density at radius 3 is 2.61 bits per heavy atom. The van der Waals surface area contributed by atoms with Crippen molar-refractivity contribution in [2.75, 3.05) is 18.6 Å². The van der Waals surface area contributed by atoms with Crippen molar-refractivity contribution < 1.29 is 14.3 Å². The molecule has 0 aliphatic heterocycles. The zero-order valence-electron chi connectivity index (χ0n) is 9.73. The van der Waals surface area contributed by atoms with E-state index < -0.39 is 5.91 Å². The lowest BCUT2D eigenvalue weighted by Gasteiger charge is -2.09. The maximum atomic E-state index is 11.3. The second-order valence-corrected chi connectivity index (χ2v) is 4.52. The Morgan fingerprint density at radius 2 is 1.94 bits per heavy atom. The molecule has 0 spiro atoms. The van der Waals surface area contributed by atoms with Gasteiger partial charge < -0.3 is 4.74 Å². The van der Waals surface area contributed by atoms with Crippen molar-refractivity contribution in [2.24, 2.45) is 0 Å². The first-order valence-corrected chi connectivity index (χ1v) is 6.84. The van der Waals surface area contributed by atoms with E-state index in [1.165, 1.54) is 11.8 Å². The van der Waals surface area contributed by atoms with Gasteiger partial charge in [0.2, 0.25) is 5.91 Å². The van der Waals surface area contributed by atoms with E-state index in [9.17, 15) is 9.59 Å². The zero-order chi connectivity index (χ0) is 13.4. The van der Waals surface area contributed by atoms with Gasteiger partial charge in [0.1, 0.15) is 5.75 Å². The highest BCUT2D eigenvalue weighted by molar-refractivity contribution is 7.99. The van der Waals surface area contributed by atoms with E-state index in [1.54, 1.807) is 30.5 Å². The number of ether oxygens (including phenoxy) is 1. The number of hydrazine groups is 1. The molecule has 0 atom stereocenters. The summed E-state index contributed by atoms with van der Waals surface area (Å²) in [4.78, 5) is 22.4. The molecule has 5 nitrogen and oxygen atoms in total. The standard InChI is InChI=1S/C11H13ClN2O3S/c1-18-7-11(16)14-13-10(15)6-17-9-5-3-2-4-8(9)12/h2-5H,6-7H2,1H3,(H,13,15)(H,14,16). The minimum Gasteiger partial charge on any atom is -0.482 e. The van der Waals surface area contributed by atoms with Crippen LogP contribution in [0, 0.1) is 0 Å². The quantitative estimate of drug-likeness (QED) is 0.800. The molecule has 1 rings (SSSR count). The zero-order valence-corrected chi connectivity index (χ0v) is 11.3. The van der Waals surface area contributed by atoms with Crippen LogP contribution in [0.3, 0.4) is 0 Å². The van der Waals surface area contributed by atoms with Gasteiger partial charge in [0.15, 0.2) is 6.61 Å². The van der Waals surface area contributed by atoms with Crippen molar-refractivity contribution in [1.82, 2.24) is 10.9 Å². The van der Waals surface area contributed by atoms with Crippen molar-refractivity contribution in [2.45, 2.75) is 0 Å². The van der Waals surface area contributed by atoms with E-state index in [-0.39, 0.29) is 18.3 Å². The van der Waals surface area contributed by atoms with Crippen molar-refractivity contribution in [3.05, 3.63) is 29.3 Å². The van der Waals surface area contributed by atoms with Gasteiger partial charge in [-0.05, 0) is 18.4 Å². The number of benzene rings is 1. The SMILES string of the molecule is CSCC(=O)NNC(=O)COc1ccccc1Cl. The van der Waals surface area contributed by atoms with Gasteiger partial charge in [-0.3, -0.25) is 20.4 Å². The largest absolute Gasteiger partial charge is 0.482 e. The third-order valence-corrected chi connectivity index (χ3v) is 2.68. The fourth-order valence-corrected chi connectivity index (χ4v) is 1.57. The third-order valence-electron chi connectivity index (χ3n) is 1.81. The Morgan fingerprint density at radius 1 is 1.28 bits per heavy atom. The number of rotatable bonds is 5. The monoisotopic (exact) mass is 288 g/mol. The summed E-state index contributed by atoms with van der Waals surface area (Å²) in [6.45, 7) is -0.219. The molecule has 0 saturated heterocycles. The maximum Gasteiger partial charge on any atom is 0.276 e. The molecule has 1 aromatic carbocycles. The number of carbonyl (C=O) groups excluding carboxylic acids is 2. The van der Waals surface area contributed by atoms with Crippen molar-refractivity contribution in [3.63, 3.8) is 0 Å². The van der Waals surface area contributed by atoms with E-state index in [0.29, 0.717) is 10.8 Å². The van der Waals surface area contributed by atoms with Crippen LogP contribution >= 0.6 is 23.4 Å². The second-order valence-electron chi connectivity index (χ2n) is 3.25. The first kappa shape index (κ1) is 14.7.